The topological polar surface area (TPSA) is 26.3 Å². The van der Waals surface area contributed by atoms with Crippen molar-refractivity contribution in [3.8, 4) is 11.1 Å². The van der Waals surface area contributed by atoms with Gasteiger partial charge in [-0.05, 0) is 42.2 Å². The molecule has 2 heteroatoms. The fourth-order valence-corrected chi connectivity index (χ4v) is 2.93. The Labute approximate surface area is 118 Å². The maximum Gasteiger partial charge on any atom is 0.338 e. The first-order chi connectivity index (χ1) is 9.65. The summed E-state index contributed by atoms with van der Waals surface area (Å²) in [6.45, 7) is 4.21. The summed E-state index contributed by atoms with van der Waals surface area (Å²) in [6, 6.07) is 14.0. The highest BCUT2D eigenvalue weighted by atomic mass is 16.5. The van der Waals surface area contributed by atoms with Gasteiger partial charge in [-0.1, -0.05) is 42.0 Å². The number of carbonyl (C=O) groups excluding carboxylic acids is 1. The summed E-state index contributed by atoms with van der Waals surface area (Å²) in [5, 5.41) is 0. The molecule has 1 aliphatic carbocycles. The highest BCUT2D eigenvalue weighted by molar-refractivity contribution is 6.09. The van der Waals surface area contributed by atoms with Gasteiger partial charge in [-0.15, -0.1) is 0 Å². The Morgan fingerprint density at radius 3 is 2.20 bits per heavy atom. The second-order valence-corrected chi connectivity index (χ2v) is 5.14. The Bertz CT molecular complexity index is 735. The average Bonchev–Trinajstić information content (AvgIpc) is 2.80. The molecule has 2 aromatic carbocycles. The number of allylic oxidation sites excluding steroid dienone is 1. The second-order valence-electron chi connectivity index (χ2n) is 5.14. The van der Waals surface area contributed by atoms with Crippen molar-refractivity contribution in [2.75, 3.05) is 7.11 Å². The Morgan fingerprint density at radius 1 is 0.900 bits per heavy atom. The summed E-state index contributed by atoms with van der Waals surface area (Å²) in [7, 11) is 1.42. The third-order valence-corrected chi connectivity index (χ3v) is 3.70. The molecule has 2 nitrogen and oxygen atoms in total. The SMILES string of the molecule is COC(=O)c1cccc2c1-c1ccccc1C2=C(C)C. The van der Waals surface area contributed by atoms with Crippen LogP contribution in [-0.4, -0.2) is 13.1 Å². The van der Waals surface area contributed by atoms with Crippen LogP contribution < -0.4 is 0 Å². The summed E-state index contributed by atoms with van der Waals surface area (Å²) >= 11 is 0. The van der Waals surface area contributed by atoms with E-state index in [0.717, 1.165) is 16.7 Å². The van der Waals surface area contributed by atoms with Gasteiger partial charge in [-0.3, -0.25) is 0 Å². The van der Waals surface area contributed by atoms with E-state index in [4.69, 9.17) is 4.74 Å². The van der Waals surface area contributed by atoms with Gasteiger partial charge in [0.25, 0.3) is 0 Å². The van der Waals surface area contributed by atoms with Crippen molar-refractivity contribution in [1.29, 1.82) is 0 Å². The van der Waals surface area contributed by atoms with Crippen LogP contribution >= 0.6 is 0 Å². The standard InChI is InChI=1S/C18H16O2/c1-11(2)16-12-7-4-5-8-13(12)17-14(16)9-6-10-15(17)18(19)20-3/h4-10H,1-3H3. The number of carbonyl (C=O) groups is 1. The van der Waals surface area contributed by atoms with Crippen LogP contribution in [0.3, 0.4) is 0 Å². The monoisotopic (exact) mass is 264 g/mol. The van der Waals surface area contributed by atoms with Gasteiger partial charge < -0.3 is 4.74 Å². The molecular formula is C18H16O2. The van der Waals surface area contributed by atoms with Crippen molar-refractivity contribution in [2.24, 2.45) is 0 Å². The largest absolute Gasteiger partial charge is 0.465 e. The number of benzene rings is 2. The highest BCUT2D eigenvalue weighted by Crippen LogP contribution is 2.47. The number of methoxy groups -OCH3 is 1. The summed E-state index contributed by atoms with van der Waals surface area (Å²) in [4.78, 5) is 12.0. The third kappa shape index (κ3) is 1.68. The fraction of sp³-hybridized carbons (Fsp3) is 0.167. The number of fused-ring (bicyclic) bond motifs is 3. The van der Waals surface area contributed by atoms with Crippen LogP contribution in [0.25, 0.3) is 16.7 Å². The lowest BCUT2D eigenvalue weighted by molar-refractivity contribution is 0.0601. The maximum absolute atomic E-state index is 12.0. The second kappa shape index (κ2) is 4.64. The lowest BCUT2D eigenvalue weighted by atomic mass is 9.98. The molecule has 0 atom stereocenters. The number of hydrogen-bond donors (Lipinski definition) is 0. The average molecular weight is 264 g/mol. The molecule has 0 N–H and O–H groups in total. The molecule has 0 bridgehead atoms. The van der Waals surface area contributed by atoms with E-state index in [-0.39, 0.29) is 5.97 Å². The van der Waals surface area contributed by atoms with Crippen LogP contribution in [0, 0.1) is 0 Å². The van der Waals surface area contributed by atoms with Crippen molar-refractivity contribution in [3.63, 3.8) is 0 Å². The van der Waals surface area contributed by atoms with Crippen molar-refractivity contribution in [1.82, 2.24) is 0 Å². The van der Waals surface area contributed by atoms with Gasteiger partial charge >= 0.3 is 5.97 Å². The van der Waals surface area contributed by atoms with E-state index in [9.17, 15) is 4.79 Å². The molecule has 0 saturated carbocycles. The van der Waals surface area contributed by atoms with E-state index >= 15 is 0 Å². The van der Waals surface area contributed by atoms with Crippen molar-refractivity contribution in [2.45, 2.75) is 13.8 Å². The van der Waals surface area contributed by atoms with E-state index in [2.05, 4.69) is 32.0 Å². The Hall–Kier alpha value is -2.35. The van der Waals surface area contributed by atoms with Gasteiger partial charge in [0.15, 0.2) is 0 Å². The van der Waals surface area contributed by atoms with Gasteiger partial charge in [0.1, 0.15) is 0 Å². The number of hydrogen-bond acceptors (Lipinski definition) is 2. The van der Waals surface area contributed by atoms with Crippen molar-refractivity contribution >= 4 is 11.5 Å². The number of esters is 1. The molecule has 0 unspecified atom stereocenters. The first-order valence-corrected chi connectivity index (χ1v) is 6.64. The lowest BCUT2D eigenvalue weighted by Crippen LogP contribution is -2.03. The minimum absolute atomic E-state index is 0.286. The minimum Gasteiger partial charge on any atom is -0.465 e. The molecule has 0 fully saturated rings. The lowest BCUT2D eigenvalue weighted by Gasteiger charge is -2.08. The zero-order valence-corrected chi connectivity index (χ0v) is 11.9. The summed E-state index contributed by atoms with van der Waals surface area (Å²) in [5.74, 6) is -0.286. The normalized spacial score (nSPS) is 11.8. The van der Waals surface area contributed by atoms with E-state index in [1.807, 2.05) is 24.3 Å². The Morgan fingerprint density at radius 2 is 1.55 bits per heavy atom. The Balaban J connectivity index is 2.41. The molecule has 0 saturated heterocycles. The highest BCUT2D eigenvalue weighted by Gasteiger charge is 2.28. The molecular weight excluding hydrogens is 248 g/mol. The van der Waals surface area contributed by atoms with Crippen molar-refractivity contribution in [3.05, 3.63) is 64.7 Å². The van der Waals surface area contributed by atoms with Crippen LogP contribution in [0.4, 0.5) is 0 Å². The molecule has 0 aromatic heterocycles. The van der Waals surface area contributed by atoms with Gasteiger partial charge in [-0.25, -0.2) is 4.79 Å². The molecule has 1 aliphatic rings. The van der Waals surface area contributed by atoms with Crippen LogP contribution in [0.15, 0.2) is 48.0 Å². The number of rotatable bonds is 1. The predicted octanol–water partition coefficient (Wildman–Crippen LogP) is 4.30. The first-order valence-electron chi connectivity index (χ1n) is 6.64. The summed E-state index contributed by atoms with van der Waals surface area (Å²) in [5.41, 5.74) is 7.52. The molecule has 0 amide bonds. The zero-order valence-electron chi connectivity index (χ0n) is 11.9. The fourth-order valence-electron chi connectivity index (χ4n) is 2.93. The first kappa shape index (κ1) is 12.7. The van der Waals surface area contributed by atoms with Crippen LogP contribution in [0.1, 0.15) is 35.3 Å². The molecule has 100 valence electrons. The van der Waals surface area contributed by atoms with E-state index in [1.54, 1.807) is 0 Å². The maximum atomic E-state index is 12.0. The Kier molecular flexibility index (Phi) is 2.94. The molecule has 3 rings (SSSR count). The molecule has 2 aromatic rings. The predicted molar refractivity (Wildman–Crippen MR) is 80.6 cm³/mol. The molecule has 0 spiro atoms. The van der Waals surface area contributed by atoms with E-state index in [1.165, 1.54) is 23.8 Å². The van der Waals surface area contributed by atoms with E-state index in [0.29, 0.717) is 5.56 Å². The van der Waals surface area contributed by atoms with Crippen LogP contribution in [0.2, 0.25) is 0 Å². The minimum atomic E-state index is -0.286. The van der Waals surface area contributed by atoms with E-state index < -0.39 is 0 Å². The van der Waals surface area contributed by atoms with Gasteiger partial charge in [0, 0.05) is 5.56 Å². The summed E-state index contributed by atoms with van der Waals surface area (Å²) < 4.78 is 4.92. The van der Waals surface area contributed by atoms with Gasteiger partial charge in [-0.2, -0.15) is 0 Å². The number of ether oxygens (including phenoxy) is 1. The molecule has 0 aliphatic heterocycles. The third-order valence-electron chi connectivity index (χ3n) is 3.70. The summed E-state index contributed by atoms with van der Waals surface area (Å²) in [6.07, 6.45) is 0. The zero-order chi connectivity index (χ0) is 14.3. The smallest absolute Gasteiger partial charge is 0.338 e. The molecule has 0 radical (unpaired) electrons. The van der Waals surface area contributed by atoms with Crippen molar-refractivity contribution < 1.29 is 9.53 Å². The van der Waals surface area contributed by atoms with Crippen LogP contribution in [0.5, 0.6) is 0 Å². The quantitative estimate of drug-likeness (QED) is 0.613. The molecule has 20 heavy (non-hydrogen) atoms. The van der Waals surface area contributed by atoms with Gasteiger partial charge in [0.2, 0.25) is 0 Å². The van der Waals surface area contributed by atoms with Crippen LogP contribution in [-0.2, 0) is 4.74 Å². The molecule has 0 heterocycles. The van der Waals surface area contributed by atoms with Gasteiger partial charge in [0.05, 0.1) is 12.7 Å².